The van der Waals surface area contributed by atoms with Gasteiger partial charge < -0.3 is 15.0 Å². The number of hydrogen-bond donors (Lipinski definition) is 1. The van der Waals surface area contributed by atoms with Gasteiger partial charge in [-0.25, -0.2) is 8.78 Å². The molecule has 6 rings (SSSR count). The fourth-order valence-corrected chi connectivity index (χ4v) is 5.19. The fraction of sp³-hybridized carbons (Fsp3) is 0.321. The second-order valence-corrected chi connectivity index (χ2v) is 10.1. The smallest absolute Gasteiger partial charge is 0.267 e. The van der Waals surface area contributed by atoms with Crippen LogP contribution in [0.1, 0.15) is 51.8 Å². The lowest BCUT2D eigenvalue weighted by atomic mass is 9.79. The van der Waals surface area contributed by atoms with Gasteiger partial charge in [0.25, 0.3) is 12.3 Å². The van der Waals surface area contributed by atoms with Crippen LogP contribution in [0.3, 0.4) is 0 Å². The summed E-state index contributed by atoms with van der Waals surface area (Å²) in [6.45, 7) is 4.17. The maximum atomic E-state index is 13.4. The number of fused-ring (bicyclic) bond motifs is 3. The summed E-state index contributed by atoms with van der Waals surface area (Å²) in [6.07, 6.45) is -1.31. The topological polar surface area (TPSA) is 109 Å². The van der Waals surface area contributed by atoms with Crippen LogP contribution in [0.15, 0.2) is 48.7 Å². The molecule has 4 aromatic rings. The predicted molar refractivity (Wildman–Crippen MR) is 138 cm³/mol. The van der Waals surface area contributed by atoms with Crippen molar-refractivity contribution in [1.82, 2.24) is 25.3 Å². The number of hydrogen-bond acceptors (Lipinski definition) is 7. The molecule has 198 valence electrons. The van der Waals surface area contributed by atoms with Crippen LogP contribution in [0.5, 0.6) is 0 Å². The highest BCUT2D eigenvalue weighted by molar-refractivity contribution is 5.94. The van der Waals surface area contributed by atoms with E-state index in [-0.39, 0.29) is 24.6 Å². The van der Waals surface area contributed by atoms with Crippen molar-refractivity contribution in [3.8, 4) is 6.07 Å². The van der Waals surface area contributed by atoms with Crippen LogP contribution >= 0.6 is 0 Å². The van der Waals surface area contributed by atoms with E-state index in [9.17, 15) is 18.8 Å². The van der Waals surface area contributed by atoms with E-state index < -0.39 is 11.8 Å². The third-order valence-electron chi connectivity index (χ3n) is 7.41. The third kappa shape index (κ3) is 4.57. The Morgan fingerprint density at radius 3 is 2.90 bits per heavy atom. The molecule has 9 nitrogen and oxygen atoms in total. The molecule has 1 N–H and O–H groups in total. The highest BCUT2D eigenvalue weighted by Gasteiger charge is 2.33. The van der Waals surface area contributed by atoms with Gasteiger partial charge in [-0.1, -0.05) is 6.07 Å². The molecule has 0 spiro atoms. The monoisotopic (exact) mass is 529 g/mol. The molecule has 11 heteroatoms. The number of nitrogens with one attached hydrogen (secondary N) is 1. The highest BCUT2D eigenvalue weighted by atomic mass is 19.3. The number of alkyl halides is 2. The average molecular weight is 530 g/mol. The standard InChI is InChI=1S/C28H25F2N7O2/c1-28(15-31)16-39-14-18-3-2-17(10-23(18)28)27(38)32-11-20-8-19-9-21(4-5-24(19)35-34-20)36-6-7-37-25(13-36)22(12-33-37)26(29)30/h2-5,8-10,12,26H,6-7,11,13-14,16H2,1H3,(H,32,38)/t28-/m1/s1. The number of aromatic nitrogens is 4. The molecule has 2 aromatic carbocycles. The normalized spacial score (nSPS) is 18.5. The maximum absolute atomic E-state index is 13.4. The molecule has 2 aromatic heterocycles. The van der Waals surface area contributed by atoms with E-state index in [0.29, 0.717) is 48.7 Å². The van der Waals surface area contributed by atoms with E-state index in [1.165, 1.54) is 6.20 Å². The fourth-order valence-electron chi connectivity index (χ4n) is 5.19. The van der Waals surface area contributed by atoms with Gasteiger partial charge in [0.15, 0.2) is 0 Å². The Bertz CT molecular complexity index is 1630. The summed E-state index contributed by atoms with van der Waals surface area (Å²) in [5.41, 5.74) is 4.02. The van der Waals surface area contributed by atoms with Crippen LogP contribution in [0.4, 0.5) is 14.5 Å². The van der Waals surface area contributed by atoms with Crippen LogP contribution < -0.4 is 10.2 Å². The van der Waals surface area contributed by atoms with Crippen molar-refractivity contribution >= 4 is 22.5 Å². The van der Waals surface area contributed by atoms with Gasteiger partial charge in [-0.05, 0) is 54.4 Å². The van der Waals surface area contributed by atoms with Gasteiger partial charge in [0.05, 0.1) is 67.6 Å². The largest absolute Gasteiger partial charge is 0.375 e. The van der Waals surface area contributed by atoms with Crippen LogP contribution in [0.2, 0.25) is 0 Å². The molecule has 39 heavy (non-hydrogen) atoms. The molecule has 0 saturated carbocycles. The molecule has 0 fully saturated rings. The predicted octanol–water partition coefficient (Wildman–Crippen LogP) is 4.03. The Balaban J connectivity index is 1.18. The van der Waals surface area contributed by atoms with Gasteiger partial charge in [-0.3, -0.25) is 9.48 Å². The van der Waals surface area contributed by atoms with Gasteiger partial charge in [0.2, 0.25) is 0 Å². The van der Waals surface area contributed by atoms with Crippen LogP contribution in [-0.4, -0.2) is 39.0 Å². The second-order valence-electron chi connectivity index (χ2n) is 10.1. The first-order valence-corrected chi connectivity index (χ1v) is 12.6. The maximum Gasteiger partial charge on any atom is 0.267 e. The Kier molecular flexibility index (Phi) is 6.19. The quantitative estimate of drug-likeness (QED) is 0.416. The zero-order valence-electron chi connectivity index (χ0n) is 21.2. The molecule has 0 bridgehead atoms. The Morgan fingerprint density at radius 1 is 1.21 bits per heavy atom. The molecule has 1 amide bonds. The van der Waals surface area contributed by atoms with Crippen molar-refractivity contribution in [1.29, 1.82) is 5.26 Å². The van der Waals surface area contributed by atoms with E-state index in [0.717, 1.165) is 22.2 Å². The summed E-state index contributed by atoms with van der Waals surface area (Å²) < 4.78 is 34.0. The molecule has 0 radical (unpaired) electrons. The van der Waals surface area contributed by atoms with Gasteiger partial charge >= 0.3 is 0 Å². The Labute approximate surface area is 223 Å². The zero-order chi connectivity index (χ0) is 27.1. The molecule has 0 aliphatic carbocycles. The summed E-state index contributed by atoms with van der Waals surface area (Å²) in [7, 11) is 0. The Hall–Kier alpha value is -4.43. The first-order chi connectivity index (χ1) is 18.8. The van der Waals surface area contributed by atoms with Gasteiger partial charge in [-0.15, -0.1) is 0 Å². The number of nitriles is 1. The lowest BCUT2D eigenvalue weighted by Gasteiger charge is -2.30. The average Bonchev–Trinajstić information content (AvgIpc) is 3.39. The highest BCUT2D eigenvalue weighted by Crippen LogP contribution is 2.33. The molecule has 2 aliphatic heterocycles. The van der Waals surface area contributed by atoms with Crippen molar-refractivity contribution in [3.05, 3.63) is 82.3 Å². The van der Waals surface area contributed by atoms with Crippen LogP contribution in [0.25, 0.3) is 10.9 Å². The first kappa shape index (κ1) is 24.9. The molecule has 2 aliphatic rings. The summed E-state index contributed by atoms with van der Waals surface area (Å²) in [6, 6.07) is 15.2. The lowest BCUT2D eigenvalue weighted by molar-refractivity contribution is 0.0757. The number of ether oxygens (including phenoxy) is 1. The van der Waals surface area contributed by atoms with Crippen molar-refractivity contribution in [2.24, 2.45) is 0 Å². The Morgan fingerprint density at radius 2 is 2.08 bits per heavy atom. The van der Waals surface area contributed by atoms with Gasteiger partial charge in [-0.2, -0.15) is 20.6 Å². The van der Waals surface area contributed by atoms with E-state index >= 15 is 0 Å². The number of carbonyl (C=O) groups excluding carboxylic acids is 1. The zero-order valence-corrected chi connectivity index (χ0v) is 21.2. The van der Waals surface area contributed by atoms with Crippen LogP contribution in [-0.2, 0) is 36.4 Å². The number of amides is 1. The van der Waals surface area contributed by atoms with E-state index in [1.807, 2.05) is 42.2 Å². The minimum Gasteiger partial charge on any atom is -0.375 e. The summed E-state index contributed by atoms with van der Waals surface area (Å²) >= 11 is 0. The first-order valence-electron chi connectivity index (χ1n) is 12.6. The number of halogens is 2. The molecule has 4 heterocycles. The van der Waals surface area contributed by atoms with Crippen LogP contribution in [0, 0.1) is 11.3 Å². The number of rotatable bonds is 5. The molecule has 0 saturated heterocycles. The van der Waals surface area contributed by atoms with Crippen molar-refractivity contribution < 1.29 is 18.3 Å². The molecule has 0 unspecified atom stereocenters. The number of nitrogens with zero attached hydrogens (tertiary/aromatic N) is 6. The second kappa shape index (κ2) is 9.71. The summed E-state index contributed by atoms with van der Waals surface area (Å²) in [5.74, 6) is -0.278. The molecule has 1 atom stereocenters. The SMILES string of the molecule is C[C@@]1(C#N)COCc2ccc(C(=O)NCc3cc4cc(N5CCn6ncc(C(F)F)c6C5)ccc4nn3)cc21. The molecular formula is C28H25F2N7O2. The molecular weight excluding hydrogens is 504 g/mol. The number of benzene rings is 2. The minimum absolute atomic E-state index is 0.0334. The lowest BCUT2D eigenvalue weighted by Crippen LogP contribution is -2.34. The summed E-state index contributed by atoms with van der Waals surface area (Å²) in [4.78, 5) is 15.0. The van der Waals surface area contributed by atoms with E-state index in [1.54, 1.807) is 16.8 Å². The van der Waals surface area contributed by atoms with Crippen molar-refractivity contribution in [3.63, 3.8) is 0 Å². The van der Waals surface area contributed by atoms with Crippen molar-refractivity contribution in [2.45, 2.75) is 45.0 Å². The van der Waals surface area contributed by atoms with E-state index in [2.05, 4.69) is 26.7 Å². The van der Waals surface area contributed by atoms with Gasteiger partial charge in [0.1, 0.15) is 5.41 Å². The minimum atomic E-state index is -2.57. The number of anilines is 1. The number of carbonyl (C=O) groups is 1. The third-order valence-corrected chi connectivity index (χ3v) is 7.41. The summed E-state index contributed by atoms with van der Waals surface area (Å²) in [5, 5.41) is 26.0. The van der Waals surface area contributed by atoms with E-state index in [4.69, 9.17) is 4.74 Å². The van der Waals surface area contributed by atoms with Crippen molar-refractivity contribution in [2.75, 3.05) is 18.1 Å². The van der Waals surface area contributed by atoms with Gasteiger partial charge in [0, 0.05) is 23.2 Å².